The van der Waals surface area contributed by atoms with E-state index in [4.69, 9.17) is 4.74 Å². The topological polar surface area (TPSA) is 9.23 Å². The Bertz CT molecular complexity index is 457. The van der Waals surface area contributed by atoms with Crippen molar-refractivity contribution in [1.29, 1.82) is 0 Å². The van der Waals surface area contributed by atoms with E-state index in [1.807, 2.05) is 6.92 Å². The van der Waals surface area contributed by atoms with Crippen LogP contribution in [0.15, 0.2) is 18.2 Å². The van der Waals surface area contributed by atoms with Crippen LogP contribution in [0.1, 0.15) is 18.1 Å². The van der Waals surface area contributed by atoms with Gasteiger partial charge in [-0.25, -0.2) is 0 Å². The molecule has 0 aliphatic carbocycles. The first kappa shape index (κ1) is 9.53. The quantitative estimate of drug-likeness (QED) is 0.723. The van der Waals surface area contributed by atoms with E-state index in [1.54, 1.807) is 11.3 Å². The molecule has 1 heterocycles. The number of benzene rings is 1. The van der Waals surface area contributed by atoms with Crippen LogP contribution in [0.25, 0.3) is 10.1 Å². The monoisotopic (exact) mass is 206 g/mol. The third-order valence-corrected chi connectivity index (χ3v) is 3.25. The average molecular weight is 206 g/mol. The molecule has 0 saturated carbocycles. The predicted octanol–water partition coefficient (Wildman–Crippen LogP) is 3.92. The van der Waals surface area contributed by atoms with Gasteiger partial charge in [0.25, 0.3) is 0 Å². The van der Waals surface area contributed by atoms with E-state index >= 15 is 0 Å². The molecule has 2 rings (SSSR count). The summed E-state index contributed by atoms with van der Waals surface area (Å²) in [5, 5.41) is 2.35. The highest BCUT2D eigenvalue weighted by atomic mass is 32.1. The number of hydrogen-bond donors (Lipinski definition) is 0. The van der Waals surface area contributed by atoms with Gasteiger partial charge in [-0.05, 0) is 49.4 Å². The second-order valence-corrected chi connectivity index (χ2v) is 4.54. The molecule has 0 spiro atoms. The lowest BCUT2D eigenvalue weighted by molar-refractivity contribution is 0.350. The van der Waals surface area contributed by atoms with E-state index in [0.29, 0.717) is 0 Å². The molecule has 0 aliphatic heterocycles. The van der Waals surface area contributed by atoms with Crippen molar-refractivity contribution in [2.45, 2.75) is 20.8 Å². The molecule has 1 nitrogen and oxygen atoms in total. The lowest BCUT2D eigenvalue weighted by Gasteiger charge is -1.96. The SMILES string of the molecule is CCOc1cc2c(C)cc(C)cc2s1. The Morgan fingerprint density at radius 1 is 1.21 bits per heavy atom. The summed E-state index contributed by atoms with van der Waals surface area (Å²) in [6, 6.07) is 6.57. The summed E-state index contributed by atoms with van der Waals surface area (Å²) in [6.07, 6.45) is 0. The smallest absolute Gasteiger partial charge is 0.174 e. The Balaban J connectivity index is 2.58. The minimum Gasteiger partial charge on any atom is -0.484 e. The van der Waals surface area contributed by atoms with Crippen LogP contribution in [0.3, 0.4) is 0 Å². The third kappa shape index (κ3) is 1.62. The van der Waals surface area contributed by atoms with Crippen LogP contribution in [-0.2, 0) is 0 Å². The van der Waals surface area contributed by atoms with Crippen molar-refractivity contribution >= 4 is 21.4 Å². The number of ether oxygens (including phenoxy) is 1. The molecule has 0 saturated heterocycles. The fraction of sp³-hybridized carbons (Fsp3) is 0.333. The van der Waals surface area contributed by atoms with Crippen molar-refractivity contribution in [1.82, 2.24) is 0 Å². The molecule has 0 N–H and O–H groups in total. The van der Waals surface area contributed by atoms with Crippen LogP contribution < -0.4 is 4.74 Å². The van der Waals surface area contributed by atoms with Gasteiger partial charge >= 0.3 is 0 Å². The number of hydrogen-bond acceptors (Lipinski definition) is 2. The Labute approximate surface area is 88.3 Å². The molecule has 0 atom stereocenters. The summed E-state index contributed by atoms with van der Waals surface area (Å²) in [5.41, 5.74) is 2.65. The molecule has 0 bridgehead atoms. The standard InChI is InChI=1S/C12H14OS/c1-4-13-12-7-10-9(3)5-8(2)6-11(10)14-12/h5-7H,4H2,1-3H3. The van der Waals surface area contributed by atoms with Gasteiger partial charge in [0.05, 0.1) is 6.61 Å². The van der Waals surface area contributed by atoms with E-state index < -0.39 is 0 Å². The van der Waals surface area contributed by atoms with Crippen LogP contribution in [0.4, 0.5) is 0 Å². The molecule has 0 fully saturated rings. The molecule has 2 aromatic rings. The molecule has 1 aromatic heterocycles. The number of aryl methyl sites for hydroxylation is 2. The van der Waals surface area contributed by atoms with Gasteiger partial charge in [-0.2, -0.15) is 0 Å². The average Bonchev–Trinajstić information content (AvgIpc) is 2.48. The lowest BCUT2D eigenvalue weighted by atomic mass is 10.1. The van der Waals surface area contributed by atoms with Crippen molar-refractivity contribution < 1.29 is 4.74 Å². The fourth-order valence-corrected chi connectivity index (χ4v) is 2.82. The molecule has 0 unspecified atom stereocenters. The fourth-order valence-electron chi connectivity index (χ4n) is 1.68. The Morgan fingerprint density at radius 3 is 2.71 bits per heavy atom. The first-order valence-electron chi connectivity index (χ1n) is 4.84. The molecule has 0 amide bonds. The second kappa shape index (κ2) is 3.62. The first-order valence-corrected chi connectivity index (χ1v) is 5.66. The zero-order valence-electron chi connectivity index (χ0n) is 8.76. The van der Waals surface area contributed by atoms with Gasteiger partial charge in [0, 0.05) is 4.70 Å². The van der Waals surface area contributed by atoms with Gasteiger partial charge in [-0.3, -0.25) is 0 Å². The zero-order chi connectivity index (χ0) is 10.1. The Kier molecular flexibility index (Phi) is 2.46. The van der Waals surface area contributed by atoms with Gasteiger partial charge in [0.1, 0.15) is 0 Å². The normalized spacial score (nSPS) is 10.8. The maximum Gasteiger partial charge on any atom is 0.174 e. The van der Waals surface area contributed by atoms with E-state index in [9.17, 15) is 0 Å². The highest BCUT2D eigenvalue weighted by Crippen LogP contribution is 2.34. The molecule has 74 valence electrons. The van der Waals surface area contributed by atoms with E-state index in [-0.39, 0.29) is 0 Å². The summed E-state index contributed by atoms with van der Waals surface area (Å²) in [4.78, 5) is 0. The van der Waals surface area contributed by atoms with Gasteiger partial charge in [-0.15, -0.1) is 0 Å². The summed E-state index contributed by atoms with van der Waals surface area (Å²) in [7, 11) is 0. The summed E-state index contributed by atoms with van der Waals surface area (Å²) in [6.45, 7) is 7.04. The molecule has 14 heavy (non-hydrogen) atoms. The maximum absolute atomic E-state index is 5.50. The first-order chi connectivity index (χ1) is 6.70. The second-order valence-electron chi connectivity index (χ2n) is 3.49. The minimum absolute atomic E-state index is 0.741. The molecule has 0 radical (unpaired) electrons. The van der Waals surface area contributed by atoms with Crippen LogP contribution in [0.2, 0.25) is 0 Å². The Hall–Kier alpha value is -1.02. The summed E-state index contributed by atoms with van der Waals surface area (Å²) < 4.78 is 6.83. The molecular formula is C12H14OS. The van der Waals surface area contributed by atoms with Gasteiger partial charge in [0.2, 0.25) is 0 Å². The lowest BCUT2D eigenvalue weighted by Crippen LogP contribution is -1.86. The van der Waals surface area contributed by atoms with Gasteiger partial charge < -0.3 is 4.74 Å². The molecule has 1 aromatic carbocycles. The highest BCUT2D eigenvalue weighted by Gasteiger charge is 2.04. The van der Waals surface area contributed by atoms with Crippen molar-refractivity contribution in [3.05, 3.63) is 29.3 Å². The van der Waals surface area contributed by atoms with Crippen LogP contribution >= 0.6 is 11.3 Å². The van der Waals surface area contributed by atoms with Crippen molar-refractivity contribution in [2.24, 2.45) is 0 Å². The van der Waals surface area contributed by atoms with E-state index in [0.717, 1.165) is 11.7 Å². The minimum atomic E-state index is 0.741. The summed E-state index contributed by atoms with van der Waals surface area (Å²) >= 11 is 1.73. The van der Waals surface area contributed by atoms with Crippen LogP contribution in [0.5, 0.6) is 5.06 Å². The van der Waals surface area contributed by atoms with Crippen molar-refractivity contribution in [2.75, 3.05) is 6.61 Å². The molecule has 0 aliphatic rings. The van der Waals surface area contributed by atoms with Crippen molar-refractivity contribution in [3.63, 3.8) is 0 Å². The van der Waals surface area contributed by atoms with Crippen LogP contribution in [-0.4, -0.2) is 6.61 Å². The van der Waals surface area contributed by atoms with Gasteiger partial charge in [0.15, 0.2) is 5.06 Å². The van der Waals surface area contributed by atoms with E-state index in [1.165, 1.54) is 21.2 Å². The van der Waals surface area contributed by atoms with E-state index in [2.05, 4.69) is 32.0 Å². The highest BCUT2D eigenvalue weighted by molar-refractivity contribution is 7.20. The van der Waals surface area contributed by atoms with Crippen molar-refractivity contribution in [3.8, 4) is 5.06 Å². The van der Waals surface area contributed by atoms with Crippen LogP contribution in [0, 0.1) is 13.8 Å². The largest absolute Gasteiger partial charge is 0.484 e. The third-order valence-electron chi connectivity index (χ3n) is 2.25. The maximum atomic E-state index is 5.50. The predicted molar refractivity (Wildman–Crippen MR) is 62.5 cm³/mol. The number of fused-ring (bicyclic) bond motifs is 1. The Morgan fingerprint density at radius 2 is 2.00 bits per heavy atom. The van der Waals surface area contributed by atoms with Gasteiger partial charge in [-0.1, -0.05) is 17.4 Å². The number of thiophene rings is 1. The molecular weight excluding hydrogens is 192 g/mol. The molecule has 2 heteroatoms. The zero-order valence-corrected chi connectivity index (χ0v) is 9.57. The summed E-state index contributed by atoms with van der Waals surface area (Å²) in [5.74, 6) is 0. The number of rotatable bonds is 2.